The van der Waals surface area contributed by atoms with Crippen molar-refractivity contribution in [3.05, 3.63) is 64.7 Å². The molecule has 1 aliphatic rings. The number of amidine groups is 1. The molecule has 0 saturated carbocycles. The SMILES string of the molecule is CN1C(=NC(=O)c2ccc(Cl)cc2)C(C)(C)c2ccccc21. The molecule has 0 aromatic heterocycles. The highest BCUT2D eigenvalue weighted by atomic mass is 35.5. The summed E-state index contributed by atoms with van der Waals surface area (Å²) in [6.45, 7) is 4.17. The molecule has 0 atom stereocenters. The number of halogens is 1. The molecule has 0 saturated heterocycles. The van der Waals surface area contributed by atoms with Crippen LogP contribution >= 0.6 is 11.6 Å². The maximum atomic E-state index is 12.4. The van der Waals surface area contributed by atoms with E-state index in [2.05, 4.69) is 24.9 Å². The largest absolute Gasteiger partial charge is 0.332 e. The van der Waals surface area contributed by atoms with Gasteiger partial charge in [-0.3, -0.25) is 4.79 Å². The van der Waals surface area contributed by atoms with E-state index in [0.717, 1.165) is 11.5 Å². The molecule has 0 spiro atoms. The van der Waals surface area contributed by atoms with Gasteiger partial charge < -0.3 is 4.90 Å². The second-order valence-corrected chi connectivity index (χ2v) is 6.39. The molecular weight excluding hydrogens is 296 g/mol. The molecule has 22 heavy (non-hydrogen) atoms. The van der Waals surface area contributed by atoms with Gasteiger partial charge in [-0.25, -0.2) is 0 Å². The topological polar surface area (TPSA) is 32.7 Å². The van der Waals surface area contributed by atoms with Gasteiger partial charge in [0, 0.05) is 23.3 Å². The molecule has 1 amide bonds. The van der Waals surface area contributed by atoms with Gasteiger partial charge in [-0.2, -0.15) is 4.99 Å². The van der Waals surface area contributed by atoms with Gasteiger partial charge in [0.1, 0.15) is 5.84 Å². The average molecular weight is 313 g/mol. The molecule has 2 aromatic carbocycles. The van der Waals surface area contributed by atoms with Crippen LogP contribution in [0.25, 0.3) is 0 Å². The van der Waals surface area contributed by atoms with Crippen LogP contribution in [-0.2, 0) is 5.41 Å². The fourth-order valence-corrected chi connectivity index (χ4v) is 3.04. The minimum absolute atomic E-state index is 0.251. The Hall–Kier alpha value is -2.13. The minimum Gasteiger partial charge on any atom is -0.332 e. The van der Waals surface area contributed by atoms with E-state index in [0.29, 0.717) is 10.6 Å². The molecule has 0 N–H and O–H groups in total. The number of hydrogen-bond acceptors (Lipinski definition) is 1. The molecule has 0 radical (unpaired) electrons. The van der Waals surface area contributed by atoms with Crippen LogP contribution in [-0.4, -0.2) is 18.8 Å². The van der Waals surface area contributed by atoms with Crippen molar-refractivity contribution in [1.82, 2.24) is 0 Å². The second kappa shape index (κ2) is 5.25. The summed E-state index contributed by atoms with van der Waals surface area (Å²) in [6.07, 6.45) is 0. The van der Waals surface area contributed by atoms with Gasteiger partial charge >= 0.3 is 0 Å². The van der Waals surface area contributed by atoms with E-state index in [-0.39, 0.29) is 11.3 Å². The van der Waals surface area contributed by atoms with E-state index in [1.165, 1.54) is 5.56 Å². The van der Waals surface area contributed by atoms with Crippen LogP contribution in [0.5, 0.6) is 0 Å². The first-order valence-corrected chi connectivity index (χ1v) is 7.51. The van der Waals surface area contributed by atoms with Crippen LogP contribution in [0.2, 0.25) is 5.02 Å². The van der Waals surface area contributed by atoms with E-state index in [1.54, 1.807) is 24.3 Å². The number of anilines is 1. The zero-order valence-corrected chi connectivity index (χ0v) is 13.6. The number of para-hydroxylation sites is 1. The molecule has 3 nitrogen and oxygen atoms in total. The summed E-state index contributed by atoms with van der Waals surface area (Å²) in [4.78, 5) is 18.8. The van der Waals surface area contributed by atoms with Crippen molar-refractivity contribution in [3.8, 4) is 0 Å². The lowest BCUT2D eigenvalue weighted by atomic mass is 9.86. The summed E-state index contributed by atoms with van der Waals surface area (Å²) >= 11 is 5.86. The van der Waals surface area contributed by atoms with Crippen LogP contribution in [0.4, 0.5) is 5.69 Å². The van der Waals surface area contributed by atoms with Crippen LogP contribution in [0.3, 0.4) is 0 Å². The number of hydrogen-bond donors (Lipinski definition) is 0. The lowest BCUT2D eigenvalue weighted by Crippen LogP contribution is -2.34. The number of rotatable bonds is 1. The van der Waals surface area contributed by atoms with Crippen LogP contribution < -0.4 is 4.90 Å². The lowest BCUT2D eigenvalue weighted by molar-refractivity contribution is 0.100. The molecule has 0 aliphatic carbocycles. The van der Waals surface area contributed by atoms with E-state index in [9.17, 15) is 4.79 Å². The third-order valence-corrected chi connectivity index (χ3v) is 4.37. The molecule has 2 aromatic rings. The van der Waals surface area contributed by atoms with Crippen molar-refractivity contribution in [3.63, 3.8) is 0 Å². The molecule has 4 heteroatoms. The summed E-state index contributed by atoms with van der Waals surface area (Å²) in [5.41, 5.74) is 2.51. The van der Waals surface area contributed by atoms with Crippen molar-refractivity contribution in [2.45, 2.75) is 19.3 Å². The monoisotopic (exact) mass is 312 g/mol. The van der Waals surface area contributed by atoms with Crippen molar-refractivity contribution < 1.29 is 4.79 Å². The molecule has 0 bridgehead atoms. The van der Waals surface area contributed by atoms with Gasteiger partial charge in [0.15, 0.2) is 0 Å². The number of carbonyl (C=O) groups is 1. The highest BCUT2D eigenvalue weighted by molar-refractivity contribution is 6.30. The summed E-state index contributed by atoms with van der Waals surface area (Å²) in [5.74, 6) is 0.507. The van der Waals surface area contributed by atoms with Crippen LogP contribution in [0, 0.1) is 0 Å². The minimum atomic E-state index is -0.298. The predicted molar refractivity (Wildman–Crippen MR) is 91.1 cm³/mol. The Morgan fingerprint density at radius 3 is 2.36 bits per heavy atom. The zero-order chi connectivity index (χ0) is 15.9. The van der Waals surface area contributed by atoms with Gasteiger partial charge in [-0.05, 0) is 49.7 Å². The smallest absolute Gasteiger partial charge is 0.278 e. The zero-order valence-electron chi connectivity index (χ0n) is 12.8. The first-order chi connectivity index (χ1) is 10.4. The molecule has 0 unspecified atom stereocenters. The number of aliphatic imine (C=N–C) groups is 1. The number of carbonyl (C=O) groups excluding carboxylic acids is 1. The molecule has 3 rings (SSSR count). The van der Waals surface area contributed by atoms with Crippen molar-refractivity contribution in [1.29, 1.82) is 0 Å². The maximum absolute atomic E-state index is 12.4. The van der Waals surface area contributed by atoms with E-state index in [4.69, 9.17) is 11.6 Å². The van der Waals surface area contributed by atoms with E-state index < -0.39 is 0 Å². The standard InChI is InChI=1S/C18H17ClN2O/c1-18(2)14-6-4-5-7-15(14)21(3)17(18)20-16(22)12-8-10-13(19)11-9-12/h4-11H,1-3H3. The Morgan fingerprint density at radius 2 is 1.73 bits per heavy atom. The Balaban J connectivity index is 2.01. The van der Waals surface area contributed by atoms with Crippen LogP contribution in [0.1, 0.15) is 29.8 Å². The van der Waals surface area contributed by atoms with Crippen molar-refractivity contribution in [2.75, 3.05) is 11.9 Å². The summed E-state index contributed by atoms with van der Waals surface area (Å²) in [7, 11) is 1.95. The van der Waals surface area contributed by atoms with Gasteiger partial charge in [0.05, 0.1) is 5.41 Å². The second-order valence-electron chi connectivity index (χ2n) is 5.95. The normalized spacial score (nSPS) is 17.6. The number of nitrogens with zero attached hydrogens (tertiary/aromatic N) is 2. The average Bonchev–Trinajstić information content (AvgIpc) is 2.69. The number of likely N-dealkylation sites (N-methyl/N-ethyl adjacent to an activating group) is 1. The third kappa shape index (κ3) is 2.32. The Kier molecular flexibility index (Phi) is 3.53. The third-order valence-electron chi connectivity index (χ3n) is 4.11. The quantitative estimate of drug-likeness (QED) is 0.786. The molecule has 1 aliphatic heterocycles. The molecular formula is C18H17ClN2O. The molecule has 0 fully saturated rings. The Morgan fingerprint density at radius 1 is 1.09 bits per heavy atom. The summed E-state index contributed by atoms with van der Waals surface area (Å²) in [6, 6.07) is 14.9. The van der Waals surface area contributed by atoms with Crippen molar-refractivity contribution >= 4 is 29.0 Å². The molecule has 1 heterocycles. The lowest BCUT2D eigenvalue weighted by Gasteiger charge is -2.21. The predicted octanol–water partition coefficient (Wildman–Crippen LogP) is 4.31. The Labute approximate surface area is 135 Å². The first-order valence-electron chi connectivity index (χ1n) is 7.13. The highest BCUT2D eigenvalue weighted by Crippen LogP contribution is 2.41. The fourth-order valence-electron chi connectivity index (χ4n) is 2.92. The van der Waals surface area contributed by atoms with Gasteiger partial charge in [-0.1, -0.05) is 29.8 Å². The van der Waals surface area contributed by atoms with Gasteiger partial charge in [-0.15, -0.1) is 0 Å². The van der Waals surface area contributed by atoms with Gasteiger partial charge in [0.25, 0.3) is 5.91 Å². The highest BCUT2D eigenvalue weighted by Gasteiger charge is 2.40. The molecule has 112 valence electrons. The summed E-state index contributed by atoms with van der Waals surface area (Å²) in [5, 5.41) is 0.606. The van der Waals surface area contributed by atoms with Crippen LogP contribution in [0.15, 0.2) is 53.5 Å². The number of amides is 1. The first kappa shape index (κ1) is 14.8. The number of fused-ring (bicyclic) bond motifs is 1. The van der Waals surface area contributed by atoms with Gasteiger partial charge in [0.2, 0.25) is 0 Å². The van der Waals surface area contributed by atoms with E-state index >= 15 is 0 Å². The number of benzene rings is 2. The Bertz CT molecular complexity index is 763. The van der Waals surface area contributed by atoms with Crippen molar-refractivity contribution in [2.24, 2.45) is 4.99 Å². The fraction of sp³-hybridized carbons (Fsp3) is 0.222. The summed E-state index contributed by atoms with van der Waals surface area (Å²) < 4.78 is 0. The maximum Gasteiger partial charge on any atom is 0.278 e. The van der Waals surface area contributed by atoms with E-state index in [1.807, 2.05) is 30.1 Å².